The van der Waals surface area contributed by atoms with Gasteiger partial charge in [-0.3, -0.25) is 14.5 Å². The number of methoxy groups -OCH3 is 1. The lowest BCUT2D eigenvalue weighted by molar-refractivity contribution is -0.130. The summed E-state index contributed by atoms with van der Waals surface area (Å²) in [6.07, 6.45) is 0.966. The zero-order chi connectivity index (χ0) is 20.1. The van der Waals surface area contributed by atoms with Crippen LogP contribution >= 0.6 is 0 Å². The van der Waals surface area contributed by atoms with Crippen molar-refractivity contribution in [1.82, 2.24) is 4.90 Å². The molecule has 2 amide bonds. The summed E-state index contributed by atoms with van der Waals surface area (Å²) in [5.41, 5.74) is 1.88. The Kier molecular flexibility index (Phi) is 5.95. The first-order valence-corrected chi connectivity index (χ1v) is 9.22. The van der Waals surface area contributed by atoms with Crippen LogP contribution in [-0.4, -0.2) is 30.4 Å². The second-order valence-electron chi connectivity index (χ2n) is 6.54. The Morgan fingerprint density at radius 3 is 2.68 bits per heavy atom. The quantitative estimate of drug-likeness (QED) is 0.687. The first-order chi connectivity index (χ1) is 13.6. The molecule has 6 heteroatoms. The summed E-state index contributed by atoms with van der Waals surface area (Å²) in [5, 5.41) is 9.35. The number of hydrogen-bond acceptors (Lipinski definition) is 5. The third kappa shape index (κ3) is 3.70. The Morgan fingerprint density at radius 1 is 1.18 bits per heavy atom. The van der Waals surface area contributed by atoms with Gasteiger partial charge < -0.3 is 9.47 Å². The fraction of sp³-hybridized carbons (Fsp3) is 0.318. The second kappa shape index (κ2) is 8.57. The Bertz CT molecular complexity index is 932. The van der Waals surface area contributed by atoms with E-state index in [-0.39, 0.29) is 24.7 Å². The number of imide groups is 1. The maximum atomic E-state index is 13.0. The summed E-state index contributed by atoms with van der Waals surface area (Å²) in [6, 6.07) is 13.7. The van der Waals surface area contributed by atoms with Gasteiger partial charge in [-0.2, -0.15) is 5.26 Å². The van der Waals surface area contributed by atoms with Crippen molar-refractivity contribution in [2.45, 2.75) is 32.2 Å². The molecule has 0 aliphatic carbocycles. The SMILES string of the molecule is CCCOc1cc(C(CC#N)N2C(=O)Cc3ccccc3C2=O)ccc1OC. The Hall–Kier alpha value is -3.33. The molecule has 2 aromatic carbocycles. The van der Waals surface area contributed by atoms with E-state index < -0.39 is 6.04 Å². The molecule has 0 bridgehead atoms. The summed E-state index contributed by atoms with van der Waals surface area (Å²) in [6.45, 7) is 2.51. The lowest BCUT2D eigenvalue weighted by atomic mass is 9.94. The molecular weight excluding hydrogens is 356 g/mol. The average molecular weight is 378 g/mol. The molecule has 1 aliphatic heterocycles. The monoisotopic (exact) mass is 378 g/mol. The molecule has 0 saturated carbocycles. The topological polar surface area (TPSA) is 79.6 Å². The number of rotatable bonds is 7. The van der Waals surface area contributed by atoms with Crippen molar-refractivity contribution in [3.8, 4) is 17.6 Å². The molecular formula is C22H22N2O4. The van der Waals surface area contributed by atoms with Gasteiger partial charge in [-0.1, -0.05) is 31.2 Å². The summed E-state index contributed by atoms with van der Waals surface area (Å²) < 4.78 is 11.1. The number of hydrogen-bond donors (Lipinski definition) is 0. The van der Waals surface area contributed by atoms with Gasteiger partial charge in [0, 0.05) is 5.56 Å². The van der Waals surface area contributed by atoms with E-state index in [4.69, 9.17) is 9.47 Å². The van der Waals surface area contributed by atoms with E-state index >= 15 is 0 Å². The molecule has 0 radical (unpaired) electrons. The van der Waals surface area contributed by atoms with Crippen LogP contribution in [0.2, 0.25) is 0 Å². The van der Waals surface area contributed by atoms with E-state index in [1.54, 1.807) is 43.5 Å². The Balaban J connectivity index is 2.01. The minimum absolute atomic E-state index is 0.000800. The molecule has 0 saturated heterocycles. The van der Waals surface area contributed by atoms with Crippen LogP contribution in [0.4, 0.5) is 0 Å². The standard InChI is InChI=1S/C22H22N2O4/c1-3-12-28-20-13-16(8-9-19(20)27-2)18(10-11-23)24-21(25)14-15-6-4-5-7-17(15)22(24)26/h4-9,13,18H,3,10,12,14H2,1-2H3. The molecule has 144 valence electrons. The highest BCUT2D eigenvalue weighted by molar-refractivity contribution is 6.10. The molecule has 1 unspecified atom stereocenters. The number of carbonyl (C=O) groups is 2. The van der Waals surface area contributed by atoms with Crippen LogP contribution in [0.15, 0.2) is 42.5 Å². The first-order valence-electron chi connectivity index (χ1n) is 9.22. The zero-order valence-electron chi connectivity index (χ0n) is 16.0. The molecule has 1 heterocycles. The van der Waals surface area contributed by atoms with Crippen molar-refractivity contribution in [2.75, 3.05) is 13.7 Å². The van der Waals surface area contributed by atoms with Gasteiger partial charge in [-0.25, -0.2) is 0 Å². The van der Waals surface area contributed by atoms with Crippen LogP contribution in [0.25, 0.3) is 0 Å². The van der Waals surface area contributed by atoms with Gasteiger partial charge in [0.15, 0.2) is 11.5 Å². The van der Waals surface area contributed by atoms with Crippen LogP contribution in [-0.2, 0) is 11.2 Å². The second-order valence-corrected chi connectivity index (χ2v) is 6.54. The molecule has 0 N–H and O–H groups in total. The Labute approximate surface area is 164 Å². The van der Waals surface area contributed by atoms with Crippen molar-refractivity contribution >= 4 is 11.8 Å². The molecule has 3 rings (SSSR count). The largest absolute Gasteiger partial charge is 0.493 e. The minimum atomic E-state index is -0.687. The fourth-order valence-corrected chi connectivity index (χ4v) is 3.36. The van der Waals surface area contributed by atoms with E-state index in [0.29, 0.717) is 34.8 Å². The number of amides is 2. The number of nitriles is 1. The van der Waals surface area contributed by atoms with E-state index in [0.717, 1.165) is 6.42 Å². The van der Waals surface area contributed by atoms with E-state index in [1.165, 1.54) is 4.90 Å². The number of carbonyl (C=O) groups excluding carboxylic acids is 2. The van der Waals surface area contributed by atoms with Crippen LogP contribution in [0, 0.1) is 11.3 Å². The molecule has 1 aliphatic rings. The van der Waals surface area contributed by atoms with Gasteiger partial charge in [0.05, 0.1) is 38.7 Å². The van der Waals surface area contributed by atoms with Crippen molar-refractivity contribution in [3.63, 3.8) is 0 Å². The fourth-order valence-electron chi connectivity index (χ4n) is 3.36. The van der Waals surface area contributed by atoms with Crippen molar-refractivity contribution in [2.24, 2.45) is 0 Å². The summed E-state index contributed by atoms with van der Waals surface area (Å²) in [7, 11) is 1.55. The van der Waals surface area contributed by atoms with Gasteiger partial charge >= 0.3 is 0 Å². The van der Waals surface area contributed by atoms with Gasteiger partial charge in [0.1, 0.15) is 0 Å². The van der Waals surface area contributed by atoms with Crippen LogP contribution < -0.4 is 9.47 Å². The van der Waals surface area contributed by atoms with Crippen LogP contribution in [0.5, 0.6) is 11.5 Å². The molecule has 2 aromatic rings. The highest BCUT2D eigenvalue weighted by Crippen LogP contribution is 2.36. The van der Waals surface area contributed by atoms with Crippen molar-refractivity contribution in [3.05, 3.63) is 59.2 Å². The summed E-state index contributed by atoms with van der Waals surface area (Å²) >= 11 is 0. The minimum Gasteiger partial charge on any atom is -0.493 e. The number of ether oxygens (including phenoxy) is 2. The van der Waals surface area contributed by atoms with Crippen LogP contribution in [0.1, 0.15) is 47.3 Å². The van der Waals surface area contributed by atoms with E-state index in [1.807, 2.05) is 13.0 Å². The lowest BCUT2D eigenvalue weighted by Gasteiger charge is -2.33. The normalized spacial score (nSPS) is 14.2. The number of benzene rings is 2. The maximum absolute atomic E-state index is 13.0. The van der Waals surface area contributed by atoms with E-state index in [9.17, 15) is 14.9 Å². The molecule has 6 nitrogen and oxygen atoms in total. The average Bonchev–Trinajstić information content (AvgIpc) is 2.71. The smallest absolute Gasteiger partial charge is 0.261 e. The van der Waals surface area contributed by atoms with Gasteiger partial charge in [-0.15, -0.1) is 0 Å². The number of nitrogens with zero attached hydrogens (tertiary/aromatic N) is 2. The van der Waals surface area contributed by atoms with Crippen molar-refractivity contribution in [1.29, 1.82) is 5.26 Å². The lowest BCUT2D eigenvalue weighted by Crippen LogP contribution is -2.44. The molecule has 0 aromatic heterocycles. The highest BCUT2D eigenvalue weighted by atomic mass is 16.5. The van der Waals surface area contributed by atoms with Gasteiger partial charge in [-0.05, 0) is 35.7 Å². The van der Waals surface area contributed by atoms with Crippen LogP contribution in [0.3, 0.4) is 0 Å². The third-order valence-corrected chi connectivity index (χ3v) is 4.71. The Morgan fingerprint density at radius 2 is 1.96 bits per heavy atom. The first kappa shape index (κ1) is 19.4. The van der Waals surface area contributed by atoms with Crippen molar-refractivity contribution < 1.29 is 19.1 Å². The highest BCUT2D eigenvalue weighted by Gasteiger charge is 2.36. The summed E-state index contributed by atoms with van der Waals surface area (Å²) in [4.78, 5) is 27.0. The molecule has 0 spiro atoms. The third-order valence-electron chi connectivity index (χ3n) is 4.71. The molecule has 28 heavy (non-hydrogen) atoms. The predicted molar refractivity (Wildman–Crippen MR) is 103 cm³/mol. The number of fused-ring (bicyclic) bond motifs is 1. The summed E-state index contributed by atoms with van der Waals surface area (Å²) in [5.74, 6) is 0.409. The van der Waals surface area contributed by atoms with E-state index in [2.05, 4.69) is 6.07 Å². The zero-order valence-corrected chi connectivity index (χ0v) is 16.0. The van der Waals surface area contributed by atoms with Gasteiger partial charge in [0.25, 0.3) is 5.91 Å². The molecule has 1 atom stereocenters. The predicted octanol–water partition coefficient (Wildman–Crippen LogP) is 3.66. The van der Waals surface area contributed by atoms with Gasteiger partial charge in [0.2, 0.25) is 5.91 Å². The maximum Gasteiger partial charge on any atom is 0.261 e. The molecule has 0 fully saturated rings.